The van der Waals surface area contributed by atoms with Gasteiger partial charge in [-0.2, -0.15) is 13.2 Å². The monoisotopic (exact) mass is 411 g/mol. The molecule has 0 aliphatic rings. The van der Waals surface area contributed by atoms with Crippen molar-refractivity contribution in [2.24, 2.45) is 0 Å². The van der Waals surface area contributed by atoms with Gasteiger partial charge in [-0.3, -0.25) is 9.69 Å². The van der Waals surface area contributed by atoms with Gasteiger partial charge < -0.3 is 14.2 Å². The zero-order chi connectivity index (χ0) is 21.6. The van der Waals surface area contributed by atoms with Crippen LogP contribution in [0, 0.1) is 0 Å². The second-order valence-corrected chi connectivity index (χ2v) is 6.66. The summed E-state index contributed by atoms with van der Waals surface area (Å²) in [7, 11) is 6.26. The van der Waals surface area contributed by atoms with Gasteiger partial charge in [-0.1, -0.05) is 24.3 Å². The van der Waals surface area contributed by atoms with Gasteiger partial charge in [0.25, 0.3) is 0 Å². The van der Waals surface area contributed by atoms with Gasteiger partial charge in [0.05, 0.1) is 14.2 Å². The summed E-state index contributed by atoms with van der Waals surface area (Å²) in [4.78, 5) is 13.6. The van der Waals surface area contributed by atoms with Crippen molar-refractivity contribution in [3.8, 4) is 11.5 Å². The molecule has 1 unspecified atom stereocenters. The van der Waals surface area contributed by atoms with E-state index in [9.17, 15) is 18.0 Å². The Hall–Kier alpha value is -2.74. The van der Waals surface area contributed by atoms with Crippen LogP contribution in [0.25, 0.3) is 0 Å². The van der Waals surface area contributed by atoms with Gasteiger partial charge in [0, 0.05) is 5.56 Å². The van der Waals surface area contributed by atoms with Crippen LogP contribution in [0.5, 0.6) is 11.5 Å². The highest BCUT2D eigenvalue weighted by Crippen LogP contribution is 2.37. The first kappa shape index (κ1) is 22.5. The number of halogens is 3. The molecule has 0 radical (unpaired) electrons. The molecule has 2 rings (SSSR count). The van der Waals surface area contributed by atoms with Crippen LogP contribution in [0.4, 0.5) is 13.2 Å². The van der Waals surface area contributed by atoms with Gasteiger partial charge in [0.2, 0.25) is 6.10 Å². The topological polar surface area (TPSA) is 48.0 Å². The van der Waals surface area contributed by atoms with Gasteiger partial charge in [0.15, 0.2) is 0 Å². The fraction of sp³-hybridized carbons (Fsp3) is 0.381. The van der Waals surface area contributed by atoms with Crippen LogP contribution in [0.1, 0.15) is 17.2 Å². The van der Waals surface area contributed by atoms with E-state index in [0.717, 1.165) is 5.56 Å². The van der Waals surface area contributed by atoms with E-state index in [1.807, 2.05) is 0 Å². The Balaban J connectivity index is 2.17. The zero-order valence-electron chi connectivity index (χ0n) is 16.7. The molecule has 2 aromatic rings. The fourth-order valence-electron chi connectivity index (χ4n) is 2.78. The Labute approximate surface area is 168 Å². The lowest BCUT2D eigenvalue weighted by Gasteiger charge is -2.23. The number of esters is 1. The van der Waals surface area contributed by atoms with E-state index in [4.69, 9.17) is 14.2 Å². The van der Waals surface area contributed by atoms with Crippen LogP contribution in [-0.2, 0) is 16.0 Å². The number of nitrogens with zero attached hydrogens (tertiary/aromatic N) is 1. The fourth-order valence-corrected chi connectivity index (χ4v) is 2.78. The zero-order valence-corrected chi connectivity index (χ0v) is 16.7. The molecule has 0 saturated heterocycles. The molecule has 0 aliphatic heterocycles. The highest BCUT2D eigenvalue weighted by Gasteiger charge is 2.43. The quantitative estimate of drug-likeness (QED) is 0.614. The number of benzene rings is 2. The van der Waals surface area contributed by atoms with Gasteiger partial charge in [-0.15, -0.1) is 0 Å². The Morgan fingerprint density at radius 1 is 0.966 bits per heavy atom. The average molecular weight is 411 g/mol. The molecule has 29 heavy (non-hydrogen) atoms. The highest BCUT2D eigenvalue weighted by atomic mass is 19.4. The van der Waals surface area contributed by atoms with Crippen LogP contribution >= 0.6 is 0 Å². The molecule has 2 aromatic carbocycles. The van der Waals surface area contributed by atoms with Crippen LogP contribution in [0.2, 0.25) is 0 Å². The normalized spacial score (nSPS) is 13.7. The molecule has 8 heteroatoms. The number of ether oxygens (including phenoxy) is 3. The van der Waals surface area contributed by atoms with Crippen molar-refractivity contribution in [3.05, 3.63) is 59.7 Å². The molecule has 0 heterocycles. The van der Waals surface area contributed by atoms with E-state index < -0.39 is 18.3 Å². The largest absolute Gasteiger partial charge is 0.497 e. The third-order valence-electron chi connectivity index (χ3n) is 4.42. The number of hydrogen-bond acceptors (Lipinski definition) is 5. The van der Waals surface area contributed by atoms with Crippen molar-refractivity contribution < 1.29 is 32.2 Å². The summed E-state index contributed by atoms with van der Waals surface area (Å²) in [6.07, 6.45) is -6.33. The lowest BCUT2D eigenvalue weighted by Crippen LogP contribution is -2.38. The summed E-state index contributed by atoms with van der Waals surface area (Å²) in [6.45, 7) is 0. The summed E-state index contributed by atoms with van der Waals surface area (Å²) in [6, 6.07) is 11.3. The van der Waals surface area contributed by atoms with E-state index in [-0.39, 0.29) is 17.3 Å². The van der Waals surface area contributed by atoms with Crippen molar-refractivity contribution in [1.29, 1.82) is 0 Å². The molecule has 0 amide bonds. The second-order valence-electron chi connectivity index (χ2n) is 6.66. The summed E-state index contributed by atoms with van der Waals surface area (Å²) < 4.78 is 55.6. The maximum Gasteiger partial charge on any atom is 0.429 e. The van der Waals surface area contributed by atoms with Crippen molar-refractivity contribution >= 4 is 5.97 Å². The number of methoxy groups -OCH3 is 2. The first-order chi connectivity index (χ1) is 13.7. The Kier molecular flexibility index (Phi) is 7.50. The first-order valence-electron chi connectivity index (χ1n) is 8.86. The van der Waals surface area contributed by atoms with E-state index in [1.54, 1.807) is 31.1 Å². The smallest absolute Gasteiger partial charge is 0.429 e. The van der Waals surface area contributed by atoms with Crippen molar-refractivity contribution in [2.45, 2.75) is 24.7 Å². The molecule has 0 aliphatic carbocycles. The molecule has 0 aromatic heterocycles. The van der Waals surface area contributed by atoms with Crippen molar-refractivity contribution in [2.75, 3.05) is 28.3 Å². The van der Waals surface area contributed by atoms with Crippen LogP contribution in [0.15, 0.2) is 48.5 Å². The number of hydrogen-bond donors (Lipinski definition) is 0. The van der Waals surface area contributed by atoms with Gasteiger partial charge in [0.1, 0.15) is 17.5 Å². The third kappa shape index (κ3) is 6.12. The van der Waals surface area contributed by atoms with E-state index in [2.05, 4.69) is 0 Å². The molecule has 0 bridgehead atoms. The van der Waals surface area contributed by atoms with Crippen LogP contribution in [0.3, 0.4) is 0 Å². The molecule has 2 atom stereocenters. The second kappa shape index (κ2) is 9.65. The molecule has 5 nitrogen and oxygen atoms in total. The number of carbonyl (C=O) groups is 1. The Morgan fingerprint density at radius 2 is 1.52 bits per heavy atom. The number of carbonyl (C=O) groups excluding carboxylic acids is 1. The summed E-state index contributed by atoms with van der Waals surface area (Å²) in [5.74, 6) is 0.151. The minimum Gasteiger partial charge on any atom is -0.497 e. The minimum absolute atomic E-state index is 0.0271. The number of likely N-dealkylation sites (N-methyl/N-ethyl adjacent to an activating group) is 1. The molecule has 0 spiro atoms. The predicted octanol–water partition coefficient (Wildman–Crippen LogP) is 4.02. The first-order valence-corrected chi connectivity index (χ1v) is 8.86. The maximum absolute atomic E-state index is 13.5. The predicted molar refractivity (Wildman–Crippen MR) is 102 cm³/mol. The molecule has 0 N–H and O–H groups in total. The number of alkyl halides is 3. The molecule has 158 valence electrons. The van der Waals surface area contributed by atoms with Crippen LogP contribution in [-0.4, -0.2) is 51.4 Å². The number of rotatable bonds is 8. The third-order valence-corrected chi connectivity index (χ3v) is 4.42. The molecule has 0 saturated carbocycles. The van der Waals surface area contributed by atoms with Crippen molar-refractivity contribution in [3.63, 3.8) is 0 Å². The maximum atomic E-state index is 13.5. The summed E-state index contributed by atoms with van der Waals surface area (Å²) in [5, 5.41) is 0. The lowest BCUT2D eigenvalue weighted by molar-refractivity contribution is -0.198. The molecular formula is C21H24F3NO4. The van der Waals surface area contributed by atoms with Crippen LogP contribution < -0.4 is 9.47 Å². The summed E-state index contributed by atoms with van der Waals surface area (Å²) >= 11 is 0. The van der Waals surface area contributed by atoms with Gasteiger partial charge >= 0.3 is 12.1 Å². The lowest BCUT2D eigenvalue weighted by atomic mass is 10.0. The van der Waals surface area contributed by atoms with E-state index >= 15 is 0 Å². The summed E-state index contributed by atoms with van der Waals surface area (Å²) in [5.41, 5.74) is 0.746. The Bertz CT molecular complexity index is 789. The molecular weight excluding hydrogens is 387 g/mol. The standard InChI is InChI=1S/C21H24F3NO4/c1-25(2)18(20(26)28-4)13-14-5-9-17(10-6-14)29-19(21(22,23)24)15-7-11-16(27-3)12-8-15/h5-12,18-19H,13H2,1-4H3/t18-,19?/m0/s1. The van der Waals surface area contributed by atoms with E-state index in [1.165, 1.54) is 50.6 Å². The van der Waals surface area contributed by atoms with Gasteiger partial charge in [-0.25, -0.2) is 0 Å². The van der Waals surface area contributed by atoms with Gasteiger partial charge in [-0.05, 0) is 50.3 Å². The Morgan fingerprint density at radius 3 is 1.97 bits per heavy atom. The average Bonchev–Trinajstić information content (AvgIpc) is 2.69. The molecule has 0 fully saturated rings. The SMILES string of the molecule is COC(=O)[C@H](Cc1ccc(OC(c2ccc(OC)cc2)C(F)(F)F)cc1)N(C)C. The minimum atomic E-state index is -4.59. The van der Waals surface area contributed by atoms with Crippen molar-refractivity contribution in [1.82, 2.24) is 4.90 Å². The van der Waals surface area contributed by atoms with E-state index in [0.29, 0.717) is 12.2 Å². The highest BCUT2D eigenvalue weighted by molar-refractivity contribution is 5.76.